The maximum absolute atomic E-state index is 6.96. The third kappa shape index (κ3) is 6.09. The second kappa shape index (κ2) is 14.1. The zero-order valence-electron chi connectivity index (χ0n) is 31.2. The zero-order chi connectivity index (χ0) is 36.7. The smallest absolute Gasteiger partial charge is 0.142 e. The summed E-state index contributed by atoms with van der Waals surface area (Å²) >= 11 is 0. The molecule has 0 radical (unpaired) electrons. The Morgan fingerprint density at radius 3 is 2.16 bits per heavy atom. The normalized spacial score (nSPS) is 17.8. The van der Waals surface area contributed by atoms with E-state index in [1.807, 2.05) is 0 Å². The fourth-order valence-electron chi connectivity index (χ4n) is 9.06. The Hall–Kier alpha value is -6.38. The van der Waals surface area contributed by atoms with E-state index in [4.69, 9.17) is 4.42 Å². The molecule has 0 spiro atoms. The summed E-state index contributed by atoms with van der Waals surface area (Å²) in [4.78, 5) is 2.52. The van der Waals surface area contributed by atoms with Crippen LogP contribution in [0.1, 0.15) is 55.2 Å². The van der Waals surface area contributed by atoms with Crippen molar-refractivity contribution < 1.29 is 4.42 Å². The average Bonchev–Trinajstić information content (AvgIpc) is 3.64. The highest BCUT2D eigenvalue weighted by atomic mass is 16.3. The van der Waals surface area contributed by atoms with Gasteiger partial charge in [-0.1, -0.05) is 165 Å². The lowest BCUT2D eigenvalue weighted by Gasteiger charge is -2.32. The molecule has 6 aromatic carbocycles. The molecule has 10 rings (SSSR count). The van der Waals surface area contributed by atoms with Gasteiger partial charge < -0.3 is 9.32 Å². The molecule has 1 heterocycles. The third-order valence-corrected chi connectivity index (χ3v) is 11.6. The maximum atomic E-state index is 6.96. The minimum Gasteiger partial charge on any atom is -0.455 e. The topological polar surface area (TPSA) is 16.4 Å². The third-order valence-electron chi connectivity index (χ3n) is 11.6. The number of rotatable bonds is 7. The summed E-state index contributed by atoms with van der Waals surface area (Å²) < 4.78 is 6.96. The highest BCUT2D eigenvalue weighted by Gasteiger charge is 2.26. The second-order valence-electron chi connectivity index (χ2n) is 15.2. The van der Waals surface area contributed by atoms with Crippen LogP contribution in [0.25, 0.3) is 56.0 Å². The van der Waals surface area contributed by atoms with Gasteiger partial charge in [0.15, 0.2) is 0 Å². The number of nitrogens with zero attached hydrogens (tertiary/aromatic N) is 1. The summed E-state index contributed by atoms with van der Waals surface area (Å²) in [5.41, 5.74) is 14.4. The fraction of sp³-hybridized carbons (Fsp3) is 0.132. The molecule has 0 amide bonds. The predicted octanol–water partition coefficient (Wildman–Crippen LogP) is 12.9. The van der Waals surface area contributed by atoms with Crippen molar-refractivity contribution in [1.29, 1.82) is 0 Å². The van der Waals surface area contributed by atoms with Gasteiger partial charge in [0.1, 0.15) is 11.2 Å². The molecule has 55 heavy (non-hydrogen) atoms. The van der Waals surface area contributed by atoms with Crippen LogP contribution < -0.4 is 15.3 Å². The highest BCUT2D eigenvalue weighted by Crippen LogP contribution is 2.45. The standard InChI is InChI=1S/C53H43NO/c1-36-32-40-20-8-9-26-45(40)51(33-36)54(42-23-12-21-39(34-42)37-16-4-2-5-17-37)43-24-13-22-41(35-43)44-25-10-11-27-47(44)48-29-15-31-50-49-30-14-28-46(52(49)55-53(48)50)38-18-6-3-7-19-38/h2-6,8-18,20-26,28-32,34-36,47H,7,19,27,33H2,1H3. The van der Waals surface area contributed by atoms with Crippen molar-refractivity contribution >= 4 is 56.2 Å². The Labute approximate surface area is 323 Å². The van der Waals surface area contributed by atoms with Crippen LogP contribution >= 0.6 is 0 Å². The van der Waals surface area contributed by atoms with E-state index in [1.54, 1.807) is 0 Å². The van der Waals surface area contributed by atoms with Crippen LogP contribution in [0.4, 0.5) is 11.4 Å². The summed E-state index contributed by atoms with van der Waals surface area (Å²) in [5, 5.41) is 4.97. The number of hydrogen-bond donors (Lipinski definition) is 0. The van der Waals surface area contributed by atoms with Gasteiger partial charge in [0, 0.05) is 50.1 Å². The highest BCUT2D eigenvalue weighted by molar-refractivity contribution is 6.09. The van der Waals surface area contributed by atoms with Crippen LogP contribution in [-0.4, -0.2) is 0 Å². The fourth-order valence-corrected chi connectivity index (χ4v) is 9.06. The quantitative estimate of drug-likeness (QED) is 0.164. The molecule has 266 valence electrons. The largest absolute Gasteiger partial charge is 0.455 e. The van der Waals surface area contributed by atoms with Gasteiger partial charge in [0.25, 0.3) is 0 Å². The average molecular weight is 710 g/mol. The Bertz CT molecular complexity index is 2850. The minimum absolute atomic E-state index is 0.150. The van der Waals surface area contributed by atoms with E-state index in [9.17, 15) is 0 Å². The van der Waals surface area contributed by atoms with Crippen molar-refractivity contribution in [2.24, 2.45) is 5.92 Å². The molecule has 3 aliphatic carbocycles. The first-order valence-corrected chi connectivity index (χ1v) is 19.7. The van der Waals surface area contributed by atoms with E-state index < -0.39 is 0 Å². The lowest BCUT2D eigenvalue weighted by molar-refractivity contribution is 0.657. The van der Waals surface area contributed by atoms with Crippen molar-refractivity contribution in [2.45, 2.75) is 38.5 Å². The molecule has 0 saturated carbocycles. The van der Waals surface area contributed by atoms with Crippen LogP contribution in [0.2, 0.25) is 0 Å². The molecule has 0 fully saturated rings. The molecule has 2 nitrogen and oxygen atoms in total. The minimum atomic E-state index is 0.150. The Balaban J connectivity index is 1.11. The van der Waals surface area contributed by atoms with Gasteiger partial charge in [0.05, 0.1) is 0 Å². The van der Waals surface area contributed by atoms with Gasteiger partial charge in [0.2, 0.25) is 0 Å². The van der Waals surface area contributed by atoms with Gasteiger partial charge >= 0.3 is 0 Å². The van der Waals surface area contributed by atoms with Crippen molar-refractivity contribution in [3.8, 4) is 11.1 Å². The maximum Gasteiger partial charge on any atom is 0.142 e. The Morgan fingerprint density at radius 1 is 0.618 bits per heavy atom. The molecule has 2 atom stereocenters. The number of hydrogen-bond acceptors (Lipinski definition) is 2. The first kappa shape index (κ1) is 33.2. The second-order valence-corrected chi connectivity index (χ2v) is 15.2. The molecule has 0 N–H and O–H groups in total. The van der Waals surface area contributed by atoms with Crippen LogP contribution in [0.3, 0.4) is 0 Å². The van der Waals surface area contributed by atoms with Gasteiger partial charge in [-0.05, 0) is 88.9 Å². The number of anilines is 2. The van der Waals surface area contributed by atoms with Gasteiger partial charge in [-0.25, -0.2) is 0 Å². The predicted molar refractivity (Wildman–Crippen MR) is 232 cm³/mol. The lowest BCUT2D eigenvalue weighted by atomic mass is 9.81. The summed E-state index contributed by atoms with van der Waals surface area (Å²) in [6, 6.07) is 51.2. The molecule has 3 aliphatic rings. The molecule has 2 unspecified atom stereocenters. The van der Waals surface area contributed by atoms with Crippen molar-refractivity contribution in [1.82, 2.24) is 0 Å². The zero-order valence-corrected chi connectivity index (χ0v) is 31.2. The molecular formula is C53H43NO. The number of benzene rings is 6. The lowest BCUT2D eigenvalue weighted by Crippen LogP contribution is -2.36. The van der Waals surface area contributed by atoms with Crippen LogP contribution in [-0.2, 0) is 0 Å². The van der Waals surface area contributed by atoms with E-state index >= 15 is 0 Å². The van der Waals surface area contributed by atoms with Gasteiger partial charge in [-0.2, -0.15) is 0 Å². The summed E-state index contributed by atoms with van der Waals surface area (Å²) in [5.74, 6) is 0.566. The SMILES string of the molecule is CC1C=c2ccccc2=C(N(c2cccc(C3=CC=CCC3c3cccc4c3oc3c(C5=CC=CCC5)cccc34)c2)c2cccc(-c3ccccc3)c2)C1. The van der Waals surface area contributed by atoms with Crippen LogP contribution in [0.15, 0.2) is 180 Å². The monoisotopic (exact) mass is 709 g/mol. The molecule has 0 aliphatic heterocycles. The van der Waals surface area contributed by atoms with Crippen LogP contribution in [0, 0.1) is 5.92 Å². The van der Waals surface area contributed by atoms with Crippen molar-refractivity contribution in [3.05, 3.63) is 203 Å². The first-order chi connectivity index (χ1) is 27.2. The van der Waals surface area contributed by atoms with Crippen molar-refractivity contribution in [2.75, 3.05) is 4.90 Å². The van der Waals surface area contributed by atoms with E-state index in [-0.39, 0.29) is 5.92 Å². The Morgan fingerprint density at radius 2 is 1.33 bits per heavy atom. The van der Waals surface area contributed by atoms with Crippen molar-refractivity contribution in [3.63, 3.8) is 0 Å². The van der Waals surface area contributed by atoms with E-state index in [0.717, 1.165) is 48.2 Å². The molecule has 7 aromatic rings. The summed E-state index contributed by atoms with van der Waals surface area (Å²) in [7, 11) is 0. The summed E-state index contributed by atoms with van der Waals surface area (Å²) in [6.45, 7) is 2.33. The number of allylic oxidation sites excluding steroid dienone is 8. The molecule has 0 saturated heterocycles. The molecular weight excluding hydrogens is 667 g/mol. The first-order valence-electron chi connectivity index (χ1n) is 19.7. The van der Waals surface area contributed by atoms with E-state index in [0.29, 0.717) is 5.92 Å². The van der Waals surface area contributed by atoms with E-state index in [2.05, 4.69) is 194 Å². The van der Waals surface area contributed by atoms with E-state index in [1.165, 1.54) is 65.9 Å². The molecule has 1 aromatic heterocycles. The molecule has 0 bridgehead atoms. The van der Waals surface area contributed by atoms with Crippen LogP contribution in [0.5, 0.6) is 0 Å². The van der Waals surface area contributed by atoms with Gasteiger partial charge in [-0.15, -0.1) is 0 Å². The summed E-state index contributed by atoms with van der Waals surface area (Å²) in [6.07, 6.45) is 19.9. The number of furan rings is 1. The number of fused-ring (bicyclic) bond motifs is 4. The molecule has 2 heteroatoms. The number of para-hydroxylation sites is 2. The van der Waals surface area contributed by atoms with Gasteiger partial charge in [-0.3, -0.25) is 0 Å². The Kier molecular flexibility index (Phi) is 8.52.